The Morgan fingerprint density at radius 1 is 0.900 bits per heavy atom. The second-order valence-electron chi connectivity index (χ2n) is 6.92. The van der Waals surface area contributed by atoms with E-state index in [0.29, 0.717) is 5.57 Å². The van der Waals surface area contributed by atoms with E-state index < -0.39 is 0 Å². The monoisotopic (exact) mass is 403 g/mol. The number of benzene rings is 3. The zero-order valence-electron chi connectivity index (χ0n) is 16.1. The van der Waals surface area contributed by atoms with Crippen molar-refractivity contribution < 1.29 is 0 Å². The Morgan fingerprint density at radius 2 is 1.70 bits per heavy atom. The first-order chi connectivity index (χ1) is 14.8. The summed E-state index contributed by atoms with van der Waals surface area (Å²) in [6.07, 6.45) is 3.92. The van der Waals surface area contributed by atoms with Crippen LogP contribution in [0.4, 0.5) is 0 Å². The molecular weight excluding hydrogens is 386 g/mol. The molecule has 30 heavy (non-hydrogen) atoms. The zero-order valence-corrected chi connectivity index (χ0v) is 16.9. The number of hydrogen-bond donors (Lipinski definition) is 0. The summed E-state index contributed by atoms with van der Waals surface area (Å²) in [7, 11) is 0. The lowest BCUT2D eigenvalue weighted by atomic mass is 10.0. The summed E-state index contributed by atoms with van der Waals surface area (Å²) in [5.74, 6) is 0. The number of fused-ring (bicyclic) bond motifs is 1. The maximum atomic E-state index is 9.75. The first kappa shape index (κ1) is 18.1. The molecule has 0 N–H and O–H groups in total. The second-order valence-corrected chi connectivity index (χ2v) is 7.87. The van der Waals surface area contributed by atoms with Crippen molar-refractivity contribution in [2.75, 3.05) is 0 Å². The molecule has 0 aliphatic heterocycles. The lowest BCUT2D eigenvalue weighted by Gasteiger charge is -2.03. The van der Waals surface area contributed by atoms with Crippen LogP contribution in [-0.2, 0) is 0 Å². The number of allylic oxidation sites excluding steroid dienone is 1. The molecule has 0 spiro atoms. The third kappa shape index (κ3) is 3.43. The van der Waals surface area contributed by atoms with Crippen molar-refractivity contribution in [3.8, 4) is 23.0 Å². The standard InChI is InChI=1S/C26H17N3S/c27-17-22(25-11-6-14-30-25)16-23-18-29(24-9-2-1-3-10-24)28-26(23)21-13-12-19-7-4-5-8-20(19)15-21/h1-16,18H/b22-16-. The van der Waals surface area contributed by atoms with E-state index in [-0.39, 0.29) is 0 Å². The van der Waals surface area contributed by atoms with Gasteiger partial charge >= 0.3 is 0 Å². The highest BCUT2D eigenvalue weighted by atomic mass is 32.1. The third-order valence-corrected chi connectivity index (χ3v) is 5.90. The number of nitrogens with zero attached hydrogens (tertiary/aromatic N) is 3. The fourth-order valence-corrected chi connectivity index (χ4v) is 4.21. The molecule has 0 aliphatic carbocycles. The van der Waals surface area contributed by atoms with Crippen molar-refractivity contribution in [3.05, 3.63) is 107 Å². The molecule has 0 atom stereocenters. The Balaban J connectivity index is 1.70. The van der Waals surface area contributed by atoms with Gasteiger partial charge < -0.3 is 0 Å². The van der Waals surface area contributed by atoms with Crippen molar-refractivity contribution in [2.24, 2.45) is 0 Å². The molecule has 0 saturated carbocycles. The molecule has 3 nitrogen and oxygen atoms in total. The first-order valence-corrected chi connectivity index (χ1v) is 10.5. The number of para-hydroxylation sites is 1. The summed E-state index contributed by atoms with van der Waals surface area (Å²) in [6.45, 7) is 0. The van der Waals surface area contributed by atoms with Crippen LogP contribution in [0.2, 0.25) is 0 Å². The highest BCUT2D eigenvalue weighted by molar-refractivity contribution is 7.11. The molecule has 0 unspecified atom stereocenters. The van der Waals surface area contributed by atoms with E-state index in [1.54, 1.807) is 11.3 Å². The summed E-state index contributed by atoms with van der Waals surface area (Å²) in [6, 6.07) is 31.0. The summed E-state index contributed by atoms with van der Waals surface area (Å²) < 4.78 is 1.87. The average Bonchev–Trinajstić information content (AvgIpc) is 3.48. The lowest BCUT2D eigenvalue weighted by Crippen LogP contribution is -1.94. The van der Waals surface area contributed by atoms with Crippen molar-refractivity contribution in [3.63, 3.8) is 0 Å². The third-order valence-electron chi connectivity index (χ3n) is 4.99. The van der Waals surface area contributed by atoms with Gasteiger partial charge in [-0.15, -0.1) is 11.3 Å². The summed E-state index contributed by atoms with van der Waals surface area (Å²) in [5.41, 5.74) is 4.42. The second kappa shape index (κ2) is 7.82. The molecule has 2 aromatic heterocycles. The predicted molar refractivity (Wildman–Crippen MR) is 124 cm³/mol. The number of nitriles is 1. The molecule has 4 heteroatoms. The molecular formula is C26H17N3S. The van der Waals surface area contributed by atoms with Gasteiger partial charge in [-0.05, 0) is 46.5 Å². The van der Waals surface area contributed by atoms with E-state index in [1.165, 1.54) is 5.39 Å². The molecule has 3 aromatic carbocycles. The SMILES string of the molecule is N#C/C(=C/c1cn(-c2ccccc2)nc1-c1ccc2ccccc2c1)c1cccs1. The van der Waals surface area contributed by atoms with Crippen LogP contribution in [0.15, 0.2) is 96.5 Å². The largest absolute Gasteiger partial charge is 0.240 e. The normalized spacial score (nSPS) is 11.5. The molecule has 0 amide bonds. The van der Waals surface area contributed by atoms with Gasteiger partial charge in [-0.2, -0.15) is 10.4 Å². The molecule has 0 radical (unpaired) electrons. The van der Waals surface area contributed by atoms with Gasteiger partial charge in [-0.25, -0.2) is 4.68 Å². The van der Waals surface area contributed by atoms with Gasteiger partial charge in [0.15, 0.2) is 0 Å². The summed E-state index contributed by atoms with van der Waals surface area (Å²) in [4.78, 5) is 0.953. The Hall–Kier alpha value is -3.94. The smallest absolute Gasteiger partial charge is 0.101 e. The zero-order chi connectivity index (χ0) is 20.3. The molecule has 0 aliphatic rings. The van der Waals surface area contributed by atoms with Gasteiger partial charge in [-0.3, -0.25) is 0 Å². The minimum absolute atomic E-state index is 0.639. The quantitative estimate of drug-likeness (QED) is 0.309. The molecule has 0 fully saturated rings. The van der Waals surface area contributed by atoms with Crippen LogP contribution in [0.25, 0.3) is 39.4 Å². The number of hydrogen-bond acceptors (Lipinski definition) is 3. The van der Waals surface area contributed by atoms with Crippen LogP contribution in [-0.4, -0.2) is 9.78 Å². The number of rotatable bonds is 4. The van der Waals surface area contributed by atoms with Gasteiger partial charge in [-0.1, -0.05) is 60.7 Å². The molecule has 5 aromatic rings. The van der Waals surface area contributed by atoms with Gasteiger partial charge in [0.2, 0.25) is 0 Å². The molecule has 2 heterocycles. The van der Waals surface area contributed by atoms with Crippen molar-refractivity contribution in [2.45, 2.75) is 0 Å². The Bertz CT molecular complexity index is 1390. The Morgan fingerprint density at radius 3 is 2.47 bits per heavy atom. The van der Waals surface area contributed by atoms with Crippen molar-refractivity contribution in [1.29, 1.82) is 5.26 Å². The fourth-order valence-electron chi connectivity index (χ4n) is 3.51. The average molecular weight is 404 g/mol. The first-order valence-electron chi connectivity index (χ1n) is 9.62. The van der Waals surface area contributed by atoms with E-state index in [9.17, 15) is 5.26 Å². The van der Waals surface area contributed by atoms with E-state index >= 15 is 0 Å². The maximum absolute atomic E-state index is 9.75. The maximum Gasteiger partial charge on any atom is 0.101 e. The van der Waals surface area contributed by atoms with Gasteiger partial charge in [0.25, 0.3) is 0 Å². The van der Waals surface area contributed by atoms with E-state index in [4.69, 9.17) is 5.10 Å². The van der Waals surface area contributed by atoms with Crippen molar-refractivity contribution >= 4 is 33.8 Å². The lowest BCUT2D eigenvalue weighted by molar-refractivity contribution is 0.884. The number of aromatic nitrogens is 2. The van der Waals surface area contributed by atoms with Crippen LogP contribution in [0.3, 0.4) is 0 Å². The van der Waals surface area contributed by atoms with Crippen LogP contribution < -0.4 is 0 Å². The minimum Gasteiger partial charge on any atom is -0.240 e. The van der Waals surface area contributed by atoms with Gasteiger partial charge in [0, 0.05) is 22.2 Å². The molecule has 0 saturated heterocycles. The van der Waals surface area contributed by atoms with Gasteiger partial charge in [0.1, 0.15) is 11.8 Å². The molecule has 0 bridgehead atoms. The van der Waals surface area contributed by atoms with E-state index in [0.717, 1.165) is 32.8 Å². The highest BCUT2D eigenvalue weighted by Crippen LogP contribution is 2.30. The molecule has 142 valence electrons. The Kier molecular flexibility index (Phi) is 4.72. The minimum atomic E-state index is 0.639. The fraction of sp³-hybridized carbons (Fsp3) is 0. The van der Waals surface area contributed by atoms with Crippen LogP contribution in [0, 0.1) is 11.3 Å². The van der Waals surface area contributed by atoms with Gasteiger partial charge in [0.05, 0.1) is 11.3 Å². The van der Waals surface area contributed by atoms with Crippen molar-refractivity contribution in [1.82, 2.24) is 9.78 Å². The van der Waals surface area contributed by atoms with E-state index in [2.05, 4.69) is 36.4 Å². The topological polar surface area (TPSA) is 41.6 Å². The highest BCUT2D eigenvalue weighted by Gasteiger charge is 2.13. The van der Waals surface area contributed by atoms with Crippen LogP contribution in [0.5, 0.6) is 0 Å². The summed E-state index contributed by atoms with van der Waals surface area (Å²) in [5, 5.41) is 19.0. The Labute approximate surface area is 178 Å². The van der Waals surface area contributed by atoms with Crippen LogP contribution >= 0.6 is 11.3 Å². The predicted octanol–water partition coefficient (Wildman–Crippen LogP) is 6.82. The number of thiophene rings is 1. The van der Waals surface area contributed by atoms with E-state index in [1.807, 2.05) is 76.9 Å². The summed E-state index contributed by atoms with van der Waals surface area (Å²) >= 11 is 1.56. The molecule has 5 rings (SSSR count). The van der Waals surface area contributed by atoms with Crippen LogP contribution in [0.1, 0.15) is 10.4 Å².